The minimum atomic E-state index is -0.0149. The number of rotatable bonds is 7. The summed E-state index contributed by atoms with van der Waals surface area (Å²) in [5, 5.41) is 7.10. The third-order valence-electron chi connectivity index (χ3n) is 6.15. The van der Waals surface area contributed by atoms with Gasteiger partial charge in [0.05, 0.1) is 12.6 Å². The van der Waals surface area contributed by atoms with Crippen molar-refractivity contribution in [2.24, 2.45) is 10.4 Å². The Hall–Kier alpha value is -2.29. The number of carbonyl (C=O) groups is 1. The normalized spacial score (nSPS) is 18.4. The number of fused-ring (bicyclic) bond motifs is 1. The Bertz CT molecular complexity index is 929. The van der Waals surface area contributed by atoms with Crippen LogP contribution in [0.4, 0.5) is 0 Å². The highest BCUT2D eigenvalue weighted by Gasteiger charge is 2.42. The van der Waals surface area contributed by atoms with Crippen molar-refractivity contribution in [2.75, 3.05) is 33.8 Å². The van der Waals surface area contributed by atoms with Gasteiger partial charge in [-0.15, -0.1) is 24.0 Å². The van der Waals surface area contributed by atoms with E-state index in [1.165, 1.54) is 18.4 Å². The number of amides is 1. The van der Waals surface area contributed by atoms with Crippen LogP contribution >= 0.6 is 24.0 Å². The molecule has 1 unspecified atom stereocenters. The summed E-state index contributed by atoms with van der Waals surface area (Å²) in [5.74, 6) is 1.59. The number of hydrogen-bond donors (Lipinski definition) is 2. The zero-order valence-electron chi connectivity index (χ0n) is 18.8. The van der Waals surface area contributed by atoms with Crippen LogP contribution in [0.25, 0.3) is 0 Å². The van der Waals surface area contributed by atoms with Crippen molar-refractivity contribution in [1.82, 2.24) is 15.5 Å². The fraction of sp³-hybridized carbons (Fsp3) is 0.440. The largest absolute Gasteiger partial charge is 0.493 e. The number of carbonyl (C=O) groups excluding carboxylic acids is 1. The average Bonchev–Trinajstić information content (AvgIpc) is 3.55. The molecule has 1 atom stereocenters. The molecule has 4 rings (SSSR count). The molecule has 6 nitrogen and oxygen atoms in total. The van der Waals surface area contributed by atoms with Gasteiger partial charge in [-0.05, 0) is 36.3 Å². The van der Waals surface area contributed by atoms with E-state index in [2.05, 4.69) is 52.0 Å². The lowest BCUT2D eigenvalue weighted by Crippen LogP contribution is -2.44. The summed E-state index contributed by atoms with van der Waals surface area (Å²) in [6, 6.07) is 18.9. The first-order valence-corrected chi connectivity index (χ1v) is 11.1. The van der Waals surface area contributed by atoms with Crippen molar-refractivity contribution in [2.45, 2.75) is 31.7 Å². The van der Waals surface area contributed by atoms with Crippen molar-refractivity contribution in [3.8, 4) is 5.75 Å². The fourth-order valence-electron chi connectivity index (χ4n) is 3.99. The second-order valence-corrected chi connectivity index (χ2v) is 8.84. The maximum Gasteiger partial charge on any atom is 0.243 e. The SMILES string of the molecule is CN(C)C(=O)CN=C(NCC1(Cc2ccccc2)CC1)NC1CCOc2ccccc21.I. The van der Waals surface area contributed by atoms with Gasteiger partial charge in [-0.1, -0.05) is 48.5 Å². The van der Waals surface area contributed by atoms with E-state index in [1.54, 1.807) is 19.0 Å². The van der Waals surface area contributed by atoms with Gasteiger partial charge in [-0.2, -0.15) is 0 Å². The molecule has 0 bridgehead atoms. The number of para-hydroxylation sites is 1. The molecule has 7 heteroatoms. The molecule has 0 aromatic heterocycles. The van der Waals surface area contributed by atoms with Gasteiger partial charge in [-0.25, -0.2) is 4.99 Å². The lowest BCUT2D eigenvalue weighted by atomic mass is 9.96. The number of ether oxygens (including phenoxy) is 1. The van der Waals surface area contributed by atoms with E-state index in [4.69, 9.17) is 4.74 Å². The number of benzene rings is 2. The quantitative estimate of drug-likeness (QED) is 0.314. The second-order valence-electron chi connectivity index (χ2n) is 8.84. The minimum absolute atomic E-state index is 0. The van der Waals surface area contributed by atoms with Crippen LogP contribution in [-0.4, -0.2) is 50.6 Å². The molecular weight excluding hydrogens is 515 g/mol. The molecule has 0 spiro atoms. The molecule has 1 heterocycles. The first kappa shape index (κ1) is 24.4. The van der Waals surface area contributed by atoms with Gasteiger partial charge in [0.2, 0.25) is 5.91 Å². The van der Waals surface area contributed by atoms with Gasteiger partial charge in [-0.3, -0.25) is 4.79 Å². The lowest BCUT2D eigenvalue weighted by Gasteiger charge is -2.29. The Labute approximate surface area is 207 Å². The Kier molecular flexibility index (Phi) is 8.39. The number of nitrogens with zero attached hydrogens (tertiary/aromatic N) is 2. The molecule has 2 aromatic rings. The Morgan fingerprint density at radius 1 is 1.12 bits per heavy atom. The lowest BCUT2D eigenvalue weighted by molar-refractivity contribution is -0.127. The van der Waals surface area contributed by atoms with Crippen molar-refractivity contribution < 1.29 is 9.53 Å². The number of guanidine groups is 1. The van der Waals surface area contributed by atoms with Crippen LogP contribution in [0.2, 0.25) is 0 Å². The molecule has 32 heavy (non-hydrogen) atoms. The zero-order valence-corrected chi connectivity index (χ0v) is 21.2. The van der Waals surface area contributed by atoms with Crippen LogP contribution in [0.3, 0.4) is 0 Å². The highest BCUT2D eigenvalue weighted by Crippen LogP contribution is 2.47. The summed E-state index contributed by atoms with van der Waals surface area (Å²) >= 11 is 0. The number of halogens is 1. The van der Waals surface area contributed by atoms with Crippen molar-refractivity contribution >= 4 is 35.8 Å². The number of likely N-dealkylation sites (N-methyl/N-ethyl adjacent to an activating group) is 1. The number of nitrogens with one attached hydrogen (secondary N) is 2. The van der Waals surface area contributed by atoms with Crippen LogP contribution in [0, 0.1) is 5.41 Å². The van der Waals surface area contributed by atoms with E-state index in [-0.39, 0.29) is 47.9 Å². The van der Waals surface area contributed by atoms with E-state index in [1.807, 2.05) is 18.2 Å². The Morgan fingerprint density at radius 2 is 1.84 bits per heavy atom. The highest BCUT2D eigenvalue weighted by atomic mass is 127. The first-order valence-electron chi connectivity index (χ1n) is 11.1. The molecule has 172 valence electrons. The summed E-state index contributed by atoms with van der Waals surface area (Å²) in [6.07, 6.45) is 4.33. The molecule has 1 saturated carbocycles. The van der Waals surface area contributed by atoms with Crippen molar-refractivity contribution in [3.63, 3.8) is 0 Å². The molecule has 2 N–H and O–H groups in total. The number of aliphatic imine (C=N–C) groups is 1. The van der Waals surface area contributed by atoms with Gasteiger partial charge >= 0.3 is 0 Å². The maximum absolute atomic E-state index is 12.1. The van der Waals surface area contributed by atoms with E-state index in [0.717, 1.165) is 30.7 Å². The summed E-state index contributed by atoms with van der Waals surface area (Å²) in [7, 11) is 3.51. The van der Waals surface area contributed by atoms with Crippen LogP contribution in [0.5, 0.6) is 5.75 Å². The molecular formula is C25H33IN4O2. The topological polar surface area (TPSA) is 66.0 Å². The maximum atomic E-state index is 12.1. The van der Waals surface area contributed by atoms with Crippen LogP contribution in [0.15, 0.2) is 59.6 Å². The van der Waals surface area contributed by atoms with Crippen molar-refractivity contribution in [3.05, 3.63) is 65.7 Å². The standard InChI is InChI=1S/C25H32N4O2.HI/c1-29(2)23(30)17-26-24(28-21-12-15-31-22-11-7-6-10-20(21)22)27-18-25(13-14-25)16-19-8-4-3-5-9-19;/h3-11,21H,12-18H2,1-2H3,(H2,26,27,28);1H. The molecule has 1 aliphatic carbocycles. The summed E-state index contributed by atoms with van der Waals surface area (Å²) in [4.78, 5) is 18.3. The fourth-order valence-corrected chi connectivity index (χ4v) is 3.99. The Morgan fingerprint density at radius 3 is 2.56 bits per heavy atom. The smallest absolute Gasteiger partial charge is 0.243 e. The summed E-state index contributed by atoms with van der Waals surface area (Å²) in [5.41, 5.74) is 2.77. The molecule has 1 fully saturated rings. The van der Waals surface area contributed by atoms with E-state index in [9.17, 15) is 4.79 Å². The van der Waals surface area contributed by atoms with Gasteiger partial charge < -0.3 is 20.3 Å². The zero-order chi connectivity index (χ0) is 21.7. The second kappa shape index (κ2) is 11.0. The predicted molar refractivity (Wildman–Crippen MR) is 139 cm³/mol. The monoisotopic (exact) mass is 548 g/mol. The van der Waals surface area contributed by atoms with Gasteiger partial charge in [0.1, 0.15) is 12.3 Å². The minimum Gasteiger partial charge on any atom is -0.493 e. The van der Waals surface area contributed by atoms with Crippen LogP contribution < -0.4 is 15.4 Å². The van der Waals surface area contributed by atoms with Gasteiger partial charge in [0, 0.05) is 32.6 Å². The predicted octanol–water partition coefficient (Wildman–Crippen LogP) is 3.77. The molecule has 1 amide bonds. The molecule has 0 radical (unpaired) electrons. The van der Waals surface area contributed by atoms with Crippen LogP contribution in [0.1, 0.15) is 36.4 Å². The highest BCUT2D eigenvalue weighted by molar-refractivity contribution is 14.0. The first-order chi connectivity index (χ1) is 15.0. The van der Waals surface area contributed by atoms with E-state index < -0.39 is 0 Å². The van der Waals surface area contributed by atoms with Gasteiger partial charge in [0.25, 0.3) is 0 Å². The summed E-state index contributed by atoms with van der Waals surface area (Å²) in [6.45, 7) is 1.63. The van der Waals surface area contributed by atoms with Crippen molar-refractivity contribution in [1.29, 1.82) is 0 Å². The summed E-state index contributed by atoms with van der Waals surface area (Å²) < 4.78 is 5.79. The van der Waals surface area contributed by atoms with E-state index in [0.29, 0.717) is 12.6 Å². The van der Waals surface area contributed by atoms with E-state index >= 15 is 0 Å². The molecule has 2 aliphatic rings. The molecule has 2 aromatic carbocycles. The molecule has 1 aliphatic heterocycles. The van der Waals surface area contributed by atoms with Gasteiger partial charge in [0.15, 0.2) is 5.96 Å². The third kappa shape index (κ3) is 6.37. The molecule has 0 saturated heterocycles. The Balaban J connectivity index is 0.00000289. The number of hydrogen-bond acceptors (Lipinski definition) is 3. The average molecular weight is 548 g/mol. The third-order valence-corrected chi connectivity index (χ3v) is 6.15. The van der Waals surface area contributed by atoms with Crippen LogP contribution in [-0.2, 0) is 11.2 Å².